The molecule has 0 fully saturated rings. The number of phenols is 1. The zero-order chi connectivity index (χ0) is 11.4. The Morgan fingerprint density at radius 2 is 2.00 bits per heavy atom. The van der Waals surface area contributed by atoms with Gasteiger partial charge in [-0.2, -0.15) is 0 Å². The van der Waals surface area contributed by atoms with Crippen molar-refractivity contribution in [3.8, 4) is 5.75 Å². The molecule has 0 unspecified atom stereocenters. The number of pyridine rings is 1. The van der Waals surface area contributed by atoms with E-state index in [1.807, 2.05) is 6.07 Å². The monoisotopic (exact) mass is 215 g/mol. The summed E-state index contributed by atoms with van der Waals surface area (Å²) in [5, 5.41) is 12.6. The molecule has 0 radical (unpaired) electrons. The van der Waals surface area contributed by atoms with E-state index in [1.165, 1.54) is 0 Å². The molecule has 0 bridgehead atoms. The Morgan fingerprint density at radius 1 is 1.19 bits per heavy atom. The van der Waals surface area contributed by atoms with Gasteiger partial charge in [0, 0.05) is 6.20 Å². The van der Waals surface area contributed by atoms with E-state index < -0.39 is 0 Å². The van der Waals surface area contributed by atoms with Crippen LogP contribution in [-0.4, -0.2) is 10.1 Å². The standard InChI is InChI=1S/C12H13N3O/c13-9-4-3-7-14-11(9)8-15-10-5-1-2-6-12(10)16/h1-7,15-16H,8,13H2. The van der Waals surface area contributed by atoms with Gasteiger partial charge in [0.25, 0.3) is 0 Å². The average Bonchev–Trinajstić information content (AvgIpc) is 2.30. The molecule has 2 aromatic rings. The highest BCUT2D eigenvalue weighted by atomic mass is 16.3. The molecule has 82 valence electrons. The molecule has 4 heteroatoms. The number of nitrogens with two attached hydrogens (primary N) is 1. The van der Waals surface area contributed by atoms with E-state index in [1.54, 1.807) is 36.5 Å². The fraction of sp³-hybridized carbons (Fsp3) is 0.0833. The summed E-state index contributed by atoms with van der Waals surface area (Å²) in [6.07, 6.45) is 1.69. The van der Waals surface area contributed by atoms with Crippen LogP contribution in [0.1, 0.15) is 5.69 Å². The SMILES string of the molecule is Nc1cccnc1CNc1ccccc1O. The van der Waals surface area contributed by atoms with Gasteiger partial charge in [-0.3, -0.25) is 4.98 Å². The second-order valence-corrected chi connectivity index (χ2v) is 3.41. The first-order valence-electron chi connectivity index (χ1n) is 4.98. The van der Waals surface area contributed by atoms with E-state index in [0.29, 0.717) is 17.9 Å². The number of nitrogens with one attached hydrogen (secondary N) is 1. The Labute approximate surface area is 93.8 Å². The van der Waals surface area contributed by atoms with E-state index in [9.17, 15) is 5.11 Å². The maximum atomic E-state index is 9.54. The molecule has 4 nitrogen and oxygen atoms in total. The lowest BCUT2D eigenvalue weighted by Crippen LogP contribution is -2.04. The number of rotatable bonds is 3. The van der Waals surface area contributed by atoms with Crippen LogP contribution in [0.4, 0.5) is 11.4 Å². The van der Waals surface area contributed by atoms with E-state index in [0.717, 1.165) is 5.69 Å². The zero-order valence-electron chi connectivity index (χ0n) is 8.72. The lowest BCUT2D eigenvalue weighted by atomic mass is 10.2. The molecule has 2 rings (SSSR count). The van der Waals surface area contributed by atoms with E-state index in [-0.39, 0.29) is 5.75 Å². The normalized spacial score (nSPS) is 10.0. The molecule has 1 aromatic heterocycles. The Hall–Kier alpha value is -2.23. The Morgan fingerprint density at radius 3 is 2.75 bits per heavy atom. The smallest absolute Gasteiger partial charge is 0.138 e. The predicted octanol–water partition coefficient (Wildman–Crippen LogP) is 1.98. The quantitative estimate of drug-likeness (QED) is 0.685. The summed E-state index contributed by atoms with van der Waals surface area (Å²) in [7, 11) is 0. The molecule has 0 amide bonds. The summed E-state index contributed by atoms with van der Waals surface area (Å²) in [6.45, 7) is 0.490. The summed E-state index contributed by atoms with van der Waals surface area (Å²) >= 11 is 0. The molecular weight excluding hydrogens is 202 g/mol. The van der Waals surface area contributed by atoms with Crippen LogP contribution in [0, 0.1) is 0 Å². The highest BCUT2D eigenvalue weighted by Crippen LogP contribution is 2.22. The van der Waals surface area contributed by atoms with Crippen molar-refractivity contribution in [2.75, 3.05) is 11.1 Å². The van der Waals surface area contributed by atoms with Gasteiger partial charge in [-0.25, -0.2) is 0 Å². The third kappa shape index (κ3) is 2.23. The third-order valence-electron chi connectivity index (χ3n) is 2.28. The molecule has 1 aromatic carbocycles. The number of nitrogen functional groups attached to an aromatic ring is 1. The average molecular weight is 215 g/mol. The van der Waals surface area contributed by atoms with E-state index in [2.05, 4.69) is 10.3 Å². The molecule has 0 aliphatic heterocycles. The summed E-state index contributed by atoms with van der Waals surface area (Å²) in [5.41, 5.74) is 7.84. The minimum Gasteiger partial charge on any atom is -0.506 e. The maximum absolute atomic E-state index is 9.54. The second-order valence-electron chi connectivity index (χ2n) is 3.41. The van der Waals surface area contributed by atoms with Crippen LogP contribution in [0.25, 0.3) is 0 Å². The summed E-state index contributed by atoms with van der Waals surface area (Å²) in [6, 6.07) is 10.6. The zero-order valence-corrected chi connectivity index (χ0v) is 8.72. The van der Waals surface area contributed by atoms with Gasteiger partial charge in [-0.15, -0.1) is 0 Å². The summed E-state index contributed by atoms with van der Waals surface area (Å²) < 4.78 is 0. The minimum absolute atomic E-state index is 0.219. The van der Waals surface area contributed by atoms with Gasteiger partial charge in [0.1, 0.15) is 5.75 Å². The number of anilines is 2. The van der Waals surface area contributed by atoms with Crippen LogP contribution in [0.5, 0.6) is 5.75 Å². The Kier molecular flexibility index (Phi) is 2.91. The van der Waals surface area contributed by atoms with Crippen LogP contribution in [0.3, 0.4) is 0 Å². The topological polar surface area (TPSA) is 71.2 Å². The number of aromatic hydroxyl groups is 1. The largest absolute Gasteiger partial charge is 0.506 e. The highest BCUT2D eigenvalue weighted by Gasteiger charge is 2.01. The lowest BCUT2D eigenvalue weighted by molar-refractivity contribution is 0.477. The van der Waals surface area contributed by atoms with Crippen molar-refractivity contribution in [2.24, 2.45) is 0 Å². The fourth-order valence-electron chi connectivity index (χ4n) is 1.40. The lowest BCUT2D eigenvalue weighted by Gasteiger charge is -2.08. The number of hydrogen-bond donors (Lipinski definition) is 3. The van der Waals surface area contributed by atoms with Crippen molar-refractivity contribution in [3.63, 3.8) is 0 Å². The Balaban J connectivity index is 2.09. The molecule has 0 saturated heterocycles. The molecular formula is C12H13N3O. The molecule has 1 heterocycles. The Bertz CT molecular complexity index is 440. The molecule has 0 atom stereocenters. The van der Waals surface area contributed by atoms with Crippen LogP contribution in [-0.2, 0) is 6.54 Å². The highest BCUT2D eigenvalue weighted by molar-refractivity contribution is 5.56. The summed E-state index contributed by atoms with van der Waals surface area (Å²) in [4.78, 5) is 4.15. The van der Waals surface area contributed by atoms with E-state index in [4.69, 9.17) is 5.73 Å². The number of aromatic nitrogens is 1. The molecule has 0 aliphatic rings. The molecule has 0 aliphatic carbocycles. The van der Waals surface area contributed by atoms with Gasteiger partial charge in [-0.05, 0) is 24.3 Å². The van der Waals surface area contributed by atoms with Crippen molar-refractivity contribution < 1.29 is 5.11 Å². The van der Waals surface area contributed by atoms with Crippen LogP contribution < -0.4 is 11.1 Å². The predicted molar refractivity (Wildman–Crippen MR) is 64.1 cm³/mol. The minimum atomic E-state index is 0.219. The van der Waals surface area contributed by atoms with Crippen molar-refractivity contribution in [1.82, 2.24) is 4.98 Å². The first-order chi connectivity index (χ1) is 7.77. The van der Waals surface area contributed by atoms with Crippen molar-refractivity contribution in [2.45, 2.75) is 6.54 Å². The van der Waals surface area contributed by atoms with Gasteiger partial charge < -0.3 is 16.2 Å². The number of para-hydroxylation sites is 2. The van der Waals surface area contributed by atoms with Gasteiger partial charge in [0.15, 0.2) is 0 Å². The second kappa shape index (κ2) is 4.53. The third-order valence-corrected chi connectivity index (χ3v) is 2.28. The van der Waals surface area contributed by atoms with Gasteiger partial charge in [-0.1, -0.05) is 12.1 Å². The number of nitrogens with zero attached hydrogens (tertiary/aromatic N) is 1. The van der Waals surface area contributed by atoms with Crippen LogP contribution in [0.2, 0.25) is 0 Å². The van der Waals surface area contributed by atoms with Gasteiger partial charge >= 0.3 is 0 Å². The van der Waals surface area contributed by atoms with Crippen molar-refractivity contribution >= 4 is 11.4 Å². The first kappa shape index (κ1) is 10.3. The van der Waals surface area contributed by atoms with Gasteiger partial charge in [0.2, 0.25) is 0 Å². The molecule has 4 N–H and O–H groups in total. The number of hydrogen-bond acceptors (Lipinski definition) is 4. The molecule has 16 heavy (non-hydrogen) atoms. The van der Waals surface area contributed by atoms with Gasteiger partial charge in [0.05, 0.1) is 23.6 Å². The first-order valence-corrected chi connectivity index (χ1v) is 4.98. The van der Waals surface area contributed by atoms with Crippen molar-refractivity contribution in [1.29, 1.82) is 0 Å². The summed E-state index contributed by atoms with van der Waals surface area (Å²) in [5.74, 6) is 0.219. The van der Waals surface area contributed by atoms with Crippen LogP contribution in [0.15, 0.2) is 42.6 Å². The fourth-order valence-corrected chi connectivity index (χ4v) is 1.40. The molecule has 0 spiro atoms. The van der Waals surface area contributed by atoms with Crippen LogP contribution >= 0.6 is 0 Å². The maximum Gasteiger partial charge on any atom is 0.138 e. The number of benzene rings is 1. The molecule has 0 saturated carbocycles. The number of phenolic OH excluding ortho intramolecular Hbond substituents is 1. The van der Waals surface area contributed by atoms with Crippen molar-refractivity contribution in [3.05, 3.63) is 48.3 Å². The van der Waals surface area contributed by atoms with E-state index >= 15 is 0 Å².